The minimum absolute atomic E-state index is 0.0243. The minimum atomic E-state index is -1.26. The van der Waals surface area contributed by atoms with E-state index in [4.69, 9.17) is 5.73 Å². The van der Waals surface area contributed by atoms with Crippen LogP contribution in [0.3, 0.4) is 0 Å². The van der Waals surface area contributed by atoms with Crippen molar-refractivity contribution in [3.63, 3.8) is 0 Å². The Kier molecular flexibility index (Phi) is 10.4. The maximum atomic E-state index is 12.4. The number of phenols is 2. The number of amides is 3. The molecule has 35 heavy (non-hydrogen) atoms. The smallest absolute Gasteiger partial charge is 0.326 e. The van der Waals surface area contributed by atoms with Crippen LogP contribution in [0.4, 0.5) is 0 Å². The van der Waals surface area contributed by atoms with Gasteiger partial charge >= 0.3 is 5.97 Å². The summed E-state index contributed by atoms with van der Waals surface area (Å²) in [6.07, 6.45) is 0.149. The van der Waals surface area contributed by atoms with Crippen LogP contribution in [0.25, 0.3) is 0 Å². The molecule has 12 heteroatoms. The summed E-state index contributed by atoms with van der Waals surface area (Å²) in [4.78, 5) is 48.5. The number of thiol groups is 1. The second-order valence-corrected chi connectivity index (χ2v) is 8.13. The third kappa shape index (κ3) is 9.18. The van der Waals surface area contributed by atoms with E-state index in [1.807, 2.05) is 0 Å². The van der Waals surface area contributed by atoms with E-state index in [2.05, 4.69) is 28.6 Å². The Hall–Kier alpha value is -3.77. The molecule has 0 saturated carbocycles. The van der Waals surface area contributed by atoms with Crippen molar-refractivity contribution in [2.45, 2.75) is 31.0 Å². The van der Waals surface area contributed by atoms with Crippen LogP contribution in [0, 0.1) is 0 Å². The number of benzene rings is 2. The molecule has 0 spiro atoms. The summed E-state index contributed by atoms with van der Waals surface area (Å²) in [7, 11) is 0. The van der Waals surface area contributed by atoms with E-state index in [0.717, 1.165) is 0 Å². The molecule has 0 aromatic heterocycles. The van der Waals surface area contributed by atoms with Gasteiger partial charge in [0.2, 0.25) is 17.7 Å². The number of aliphatic carboxylic acids is 1. The first kappa shape index (κ1) is 27.5. The van der Waals surface area contributed by atoms with Gasteiger partial charge in [0, 0.05) is 12.2 Å². The van der Waals surface area contributed by atoms with Crippen LogP contribution in [-0.4, -0.2) is 69.4 Å². The lowest BCUT2D eigenvalue weighted by atomic mass is 10.1. The molecule has 0 radical (unpaired) electrons. The normalized spacial score (nSPS) is 13.2. The molecule has 0 saturated heterocycles. The van der Waals surface area contributed by atoms with Crippen molar-refractivity contribution in [1.82, 2.24) is 16.0 Å². The lowest BCUT2D eigenvalue weighted by molar-refractivity contribution is -0.141. The van der Waals surface area contributed by atoms with Crippen molar-refractivity contribution in [3.8, 4) is 11.5 Å². The maximum Gasteiger partial charge on any atom is 0.326 e. The van der Waals surface area contributed by atoms with Crippen molar-refractivity contribution < 1.29 is 34.5 Å². The molecule has 3 atom stereocenters. The number of carbonyl (C=O) groups is 4. The lowest BCUT2D eigenvalue weighted by Gasteiger charge is -2.20. The van der Waals surface area contributed by atoms with E-state index in [-0.39, 0.29) is 30.1 Å². The molecule has 0 fully saturated rings. The number of hydrogen-bond donors (Lipinski definition) is 8. The van der Waals surface area contributed by atoms with Gasteiger partial charge in [-0.1, -0.05) is 24.3 Å². The fourth-order valence-electron chi connectivity index (χ4n) is 3.06. The van der Waals surface area contributed by atoms with Crippen LogP contribution >= 0.6 is 12.6 Å². The molecule has 0 aliphatic carbocycles. The molecule has 2 aromatic carbocycles. The van der Waals surface area contributed by atoms with Crippen molar-refractivity contribution in [1.29, 1.82) is 0 Å². The summed E-state index contributed by atoms with van der Waals surface area (Å²) in [6.45, 7) is -0.516. The van der Waals surface area contributed by atoms with Gasteiger partial charge in [0.1, 0.15) is 23.6 Å². The zero-order valence-corrected chi connectivity index (χ0v) is 19.6. The molecule has 11 nitrogen and oxygen atoms in total. The monoisotopic (exact) mass is 504 g/mol. The molecular weight excluding hydrogens is 476 g/mol. The molecule has 0 aliphatic heterocycles. The third-order valence-corrected chi connectivity index (χ3v) is 5.34. The van der Waals surface area contributed by atoms with Gasteiger partial charge in [-0.25, -0.2) is 4.79 Å². The summed E-state index contributed by atoms with van der Waals surface area (Å²) in [5, 5.41) is 35.2. The van der Waals surface area contributed by atoms with E-state index >= 15 is 0 Å². The lowest BCUT2D eigenvalue weighted by Crippen LogP contribution is -2.54. The maximum absolute atomic E-state index is 12.4. The first-order valence-electron chi connectivity index (χ1n) is 10.6. The van der Waals surface area contributed by atoms with Crippen LogP contribution in [0.5, 0.6) is 11.5 Å². The van der Waals surface area contributed by atoms with Gasteiger partial charge in [-0.3, -0.25) is 14.4 Å². The number of carboxylic acids is 1. The van der Waals surface area contributed by atoms with Gasteiger partial charge in [-0.05, 0) is 41.8 Å². The van der Waals surface area contributed by atoms with Crippen LogP contribution in [0.1, 0.15) is 11.1 Å². The Morgan fingerprint density at radius 2 is 1.31 bits per heavy atom. The van der Waals surface area contributed by atoms with E-state index < -0.39 is 48.4 Å². The zero-order chi connectivity index (χ0) is 26.0. The van der Waals surface area contributed by atoms with Gasteiger partial charge in [0.05, 0.1) is 12.6 Å². The van der Waals surface area contributed by atoms with Crippen LogP contribution < -0.4 is 21.7 Å². The molecule has 8 N–H and O–H groups in total. The summed E-state index contributed by atoms with van der Waals surface area (Å²) >= 11 is 4.06. The number of nitrogens with one attached hydrogen (secondary N) is 3. The number of carbonyl (C=O) groups excluding carboxylic acids is 3. The number of aromatic hydroxyl groups is 2. The fourth-order valence-corrected chi connectivity index (χ4v) is 3.31. The van der Waals surface area contributed by atoms with Gasteiger partial charge < -0.3 is 37.0 Å². The average Bonchev–Trinajstić information content (AvgIpc) is 2.83. The van der Waals surface area contributed by atoms with Crippen LogP contribution in [0.15, 0.2) is 48.5 Å². The summed E-state index contributed by atoms with van der Waals surface area (Å²) in [5.74, 6) is -3.25. The highest BCUT2D eigenvalue weighted by Crippen LogP contribution is 2.12. The molecule has 3 unspecified atom stereocenters. The molecule has 0 bridgehead atoms. The zero-order valence-electron chi connectivity index (χ0n) is 18.7. The van der Waals surface area contributed by atoms with Gasteiger partial charge in [-0.2, -0.15) is 12.6 Å². The van der Waals surface area contributed by atoms with E-state index in [0.29, 0.717) is 11.1 Å². The van der Waals surface area contributed by atoms with Crippen LogP contribution in [0.2, 0.25) is 0 Å². The average molecular weight is 505 g/mol. The molecule has 2 aromatic rings. The second kappa shape index (κ2) is 13.2. The number of phenolic OH excluding ortho intramolecular Hbond substituents is 2. The molecular formula is C23H28N4O7S. The Bertz CT molecular complexity index is 1030. The summed E-state index contributed by atoms with van der Waals surface area (Å²) in [6, 6.07) is 8.76. The number of hydrogen-bond acceptors (Lipinski definition) is 8. The minimum Gasteiger partial charge on any atom is -0.508 e. The molecule has 0 heterocycles. The van der Waals surface area contributed by atoms with Gasteiger partial charge in [0.25, 0.3) is 0 Å². The quantitative estimate of drug-likeness (QED) is 0.174. The molecule has 0 aliphatic rings. The molecule has 3 amide bonds. The number of carboxylic acid groups (broad SMARTS) is 1. The highest BCUT2D eigenvalue weighted by molar-refractivity contribution is 7.80. The summed E-state index contributed by atoms with van der Waals surface area (Å²) < 4.78 is 0. The third-order valence-electron chi connectivity index (χ3n) is 4.98. The van der Waals surface area contributed by atoms with Crippen LogP contribution in [-0.2, 0) is 32.0 Å². The van der Waals surface area contributed by atoms with Crippen molar-refractivity contribution in [2.75, 3.05) is 12.3 Å². The Morgan fingerprint density at radius 3 is 1.80 bits per heavy atom. The summed E-state index contributed by atoms with van der Waals surface area (Å²) in [5.41, 5.74) is 7.20. The van der Waals surface area contributed by atoms with E-state index in [1.54, 1.807) is 12.1 Å². The predicted molar refractivity (Wildman–Crippen MR) is 130 cm³/mol. The Balaban J connectivity index is 1.84. The van der Waals surface area contributed by atoms with Crippen molar-refractivity contribution in [2.24, 2.45) is 5.73 Å². The number of rotatable bonds is 12. The fraction of sp³-hybridized carbons (Fsp3) is 0.304. The first-order chi connectivity index (χ1) is 16.6. The van der Waals surface area contributed by atoms with Gasteiger partial charge in [-0.15, -0.1) is 0 Å². The van der Waals surface area contributed by atoms with Gasteiger partial charge in [0.15, 0.2) is 0 Å². The standard InChI is InChI=1S/C23H28N4O7S/c24-17(9-13-1-5-15(28)6-2-13)21(31)27-19(12-35)22(32)25-11-20(30)26-18(23(33)34)10-14-3-7-16(29)8-4-14/h1-8,17-19,28-29,35H,9-12,24H2,(H,25,32)(H,26,30)(H,27,31)(H,33,34). The van der Waals surface area contributed by atoms with Crippen molar-refractivity contribution in [3.05, 3.63) is 59.7 Å². The Labute approximate surface area is 207 Å². The largest absolute Gasteiger partial charge is 0.508 e. The second-order valence-electron chi connectivity index (χ2n) is 7.77. The van der Waals surface area contributed by atoms with E-state index in [1.165, 1.54) is 36.4 Å². The topological polar surface area (TPSA) is 191 Å². The molecule has 2 rings (SSSR count). The Morgan fingerprint density at radius 1 is 0.800 bits per heavy atom. The first-order valence-corrected chi connectivity index (χ1v) is 11.2. The predicted octanol–water partition coefficient (Wildman–Crippen LogP) is -0.689. The van der Waals surface area contributed by atoms with Crippen molar-refractivity contribution >= 4 is 36.3 Å². The number of nitrogens with two attached hydrogens (primary N) is 1. The SMILES string of the molecule is NC(Cc1ccc(O)cc1)C(=O)NC(CS)C(=O)NCC(=O)NC(Cc1ccc(O)cc1)C(=O)O. The molecule has 188 valence electrons. The highest BCUT2D eigenvalue weighted by Gasteiger charge is 2.25. The highest BCUT2D eigenvalue weighted by atomic mass is 32.1. The van der Waals surface area contributed by atoms with E-state index in [9.17, 15) is 34.5 Å².